The highest BCUT2D eigenvalue weighted by Gasteiger charge is 2.21. The second-order valence-electron chi connectivity index (χ2n) is 7.60. The SMILES string of the molecule is NS(=O)(=O)c1ccc(CCNC(=O)c2cccc(NC(=O)C3CCCCC3)c2)cc1. The third-order valence-electron chi connectivity index (χ3n) is 5.32. The molecule has 1 aliphatic rings. The van der Waals surface area contributed by atoms with Crippen molar-refractivity contribution in [2.45, 2.75) is 43.4 Å². The van der Waals surface area contributed by atoms with Crippen molar-refractivity contribution in [2.75, 3.05) is 11.9 Å². The number of carbonyl (C=O) groups excluding carboxylic acids is 2. The predicted molar refractivity (Wildman–Crippen MR) is 115 cm³/mol. The van der Waals surface area contributed by atoms with Gasteiger partial charge in [-0.15, -0.1) is 0 Å². The van der Waals surface area contributed by atoms with Gasteiger partial charge in [0.1, 0.15) is 0 Å². The molecule has 2 amide bonds. The van der Waals surface area contributed by atoms with E-state index in [-0.39, 0.29) is 22.6 Å². The number of amides is 2. The molecule has 0 spiro atoms. The predicted octanol–water partition coefficient (Wildman–Crippen LogP) is 2.83. The van der Waals surface area contributed by atoms with Gasteiger partial charge in [-0.25, -0.2) is 13.6 Å². The number of benzene rings is 2. The van der Waals surface area contributed by atoms with Crippen LogP contribution in [-0.2, 0) is 21.2 Å². The van der Waals surface area contributed by atoms with Crippen LogP contribution in [0.4, 0.5) is 5.69 Å². The standard InChI is InChI=1S/C22H27N3O4S/c23-30(28,29)20-11-9-16(10-12-20)13-14-24-21(26)18-7-4-8-19(15-18)25-22(27)17-5-2-1-3-6-17/h4,7-12,15,17H,1-3,5-6,13-14H2,(H,24,26)(H,25,27)(H2,23,28,29). The lowest BCUT2D eigenvalue weighted by molar-refractivity contribution is -0.120. The minimum Gasteiger partial charge on any atom is -0.352 e. The Morgan fingerprint density at radius 2 is 1.70 bits per heavy atom. The zero-order valence-corrected chi connectivity index (χ0v) is 17.6. The average molecular weight is 430 g/mol. The summed E-state index contributed by atoms with van der Waals surface area (Å²) in [5, 5.41) is 10.9. The number of sulfonamides is 1. The van der Waals surface area contributed by atoms with Gasteiger partial charge in [-0.1, -0.05) is 37.5 Å². The molecule has 30 heavy (non-hydrogen) atoms. The first-order chi connectivity index (χ1) is 14.3. The van der Waals surface area contributed by atoms with Gasteiger partial charge < -0.3 is 10.6 Å². The van der Waals surface area contributed by atoms with Gasteiger partial charge in [0.05, 0.1) is 4.90 Å². The molecule has 4 N–H and O–H groups in total. The summed E-state index contributed by atoms with van der Waals surface area (Å²) in [5.41, 5.74) is 1.98. The summed E-state index contributed by atoms with van der Waals surface area (Å²) in [6, 6.07) is 13.2. The fraction of sp³-hybridized carbons (Fsp3) is 0.364. The fourth-order valence-electron chi connectivity index (χ4n) is 3.62. The molecule has 0 radical (unpaired) electrons. The molecule has 0 saturated heterocycles. The van der Waals surface area contributed by atoms with Crippen molar-refractivity contribution in [1.82, 2.24) is 5.32 Å². The number of hydrogen-bond acceptors (Lipinski definition) is 4. The molecule has 0 aliphatic heterocycles. The smallest absolute Gasteiger partial charge is 0.251 e. The molecule has 1 fully saturated rings. The van der Waals surface area contributed by atoms with E-state index < -0.39 is 10.0 Å². The van der Waals surface area contributed by atoms with Crippen LogP contribution in [-0.4, -0.2) is 26.8 Å². The lowest BCUT2D eigenvalue weighted by Gasteiger charge is -2.20. The lowest BCUT2D eigenvalue weighted by Crippen LogP contribution is -2.26. The topological polar surface area (TPSA) is 118 Å². The van der Waals surface area contributed by atoms with Crippen molar-refractivity contribution in [2.24, 2.45) is 11.1 Å². The molecule has 1 aliphatic carbocycles. The average Bonchev–Trinajstić information content (AvgIpc) is 2.74. The molecule has 0 heterocycles. The second-order valence-corrected chi connectivity index (χ2v) is 9.16. The number of hydrogen-bond donors (Lipinski definition) is 3. The summed E-state index contributed by atoms with van der Waals surface area (Å²) < 4.78 is 22.6. The van der Waals surface area contributed by atoms with Crippen molar-refractivity contribution in [3.63, 3.8) is 0 Å². The third kappa shape index (κ3) is 6.14. The van der Waals surface area contributed by atoms with Gasteiger partial charge in [0, 0.05) is 23.7 Å². The number of primary sulfonamides is 1. The zero-order valence-electron chi connectivity index (χ0n) is 16.8. The van der Waals surface area contributed by atoms with Gasteiger partial charge in [0.25, 0.3) is 5.91 Å². The summed E-state index contributed by atoms with van der Waals surface area (Å²) in [7, 11) is -3.71. The highest BCUT2D eigenvalue weighted by molar-refractivity contribution is 7.89. The normalized spacial score (nSPS) is 14.8. The Morgan fingerprint density at radius 3 is 2.37 bits per heavy atom. The molecule has 8 heteroatoms. The number of nitrogens with two attached hydrogens (primary N) is 1. The third-order valence-corrected chi connectivity index (χ3v) is 6.25. The van der Waals surface area contributed by atoms with E-state index in [9.17, 15) is 18.0 Å². The summed E-state index contributed by atoms with van der Waals surface area (Å²) >= 11 is 0. The van der Waals surface area contributed by atoms with Crippen molar-refractivity contribution in [3.05, 3.63) is 59.7 Å². The number of anilines is 1. The molecule has 0 aromatic heterocycles. The second kappa shape index (κ2) is 9.86. The van der Waals surface area contributed by atoms with E-state index in [1.807, 2.05) is 0 Å². The van der Waals surface area contributed by atoms with Gasteiger partial charge in [0.2, 0.25) is 15.9 Å². The minimum absolute atomic E-state index is 0.0233. The first-order valence-corrected chi connectivity index (χ1v) is 11.7. The number of carbonyl (C=O) groups is 2. The van der Waals surface area contributed by atoms with E-state index in [1.165, 1.54) is 18.6 Å². The molecule has 0 bridgehead atoms. The molecule has 3 rings (SSSR count). The summed E-state index contributed by atoms with van der Waals surface area (Å²) in [4.78, 5) is 24.9. The largest absolute Gasteiger partial charge is 0.352 e. The molecule has 1 saturated carbocycles. The van der Waals surface area contributed by atoms with E-state index in [4.69, 9.17) is 5.14 Å². The van der Waals surface area contributed by atoms with Crippen LogP contribution >= 0.6 is 0 Å². The molecular formula is C22H27N3O4S. The first kappa shape index (κ1) is 22.0. The van der Waals surface area contributed by atoms with Crippen LogP contribution in [0.3, 0.4) is 0 Å². The Labute approximate surface area is 177 Å². The monoisotopic (exact) mass is 429 g/mol. The zero-order chi connectivity index (χ0) is 21.6. The Hall–Kier alpha value is -2.71. The van der Waals surface area contributed by atoms with Crippen LogP contribution in [0, 0.1) is 5.92 Å². The van der Waals surface area contributed by atoms with Gasteiger partial charge in [-0.05, 0) is 55.2 Å². The van der Waals surface area contributed by atoms with Crippen molar-refractivity contribution >= 4 is 27.5 Å². The van der Waals surface area contributed by atoms with Crippen molar-refractivity contribution in [1.29, 1.82) is 0 Å². The number of rotatable bonds is 7. The van der Waals surface area contributed by atoms with Gasteiger partial charge in [-0.2, -0.15) is 0 Å². The van der Waals surface area contributed by atoms with Crippen molar-refractivity contribution in [3.8, 4) is 0 Å². The molecule has 2 aromatic rings. The van der Waals surface area contributed by atoms with Crippen LogP contribution in [0.15, 0.2) is 53.4 Å². The molecule has 0 unspecified atom stereocenters. The Balaban J connectivity index is 1.51. The fourth-order valence-corrected chi connectivity index (χ4v) is 4.13. The Kier molecular flexibility index (Phi) is 7.23. The Bertz CT molecular complexity index is 997. The highest BCUT2D eigenvalue weighted by Crippen LogP contribution is 2.25. The van der Waals surface area contributed by atoms with E-state index in [1.54, 1.807) is 36.4 Å². The number of nitrogens with one attached hydrogen (secondary N) is 2. The molecule has 0 atom stereocenters. The van der Waals surface area contributed by atoms with Crippen LogP contribution in [0.1, 0.15) is 48.0 Å². The highest BCUT2D eigenvalue weighted by atomic mass is 32.2. The van der Waals surface area contributed by atoms with Gasteiger partial charge in [0.15, 0.2) is 0 Å². The van der Waals surface area contributed by atoms with Gasteiger partial charge in [-0.3, -0.25) is 9.59 Å². The van der Waals surface area contributed by atoms with Crippen LogP contribution in [0.25, 0.3) is 0 Å². The minimum atomic E-state index is -3.71. The maximum absolute atomic E-state index is 12.4. The van der Waals surface area contributed by atoms with Crippen LogP contribution in [0.2, 0.25) is 0 Å². The van der Waals surface area contributed by atoms with E-state index in [0.29, 0.717) is 24.2 Å². The molecule has 2 aromatic carbocycles. The Morgan fingerprint density at radius 1 is 1.00 bits per heavy atom. The molecule has 7 nitrogen and oxygen atoms in total. The maximum atomic E-state index is 12.4. The lowest BCUT2D eigenvalue weighted by atomic mass is 9.88. The van der Waals surface area contributed by atoms with Crippen molar-refractivity contribution < 1.29 is 18.0 Å². The maximum Gasteiger partial charge on any atom is 0.251 e. The first-order valence-electron chi connectivity index (χ1n) is 10.1. The molecule has 160 valence electrons. The van der Waals surface area contributed by atoms with E-state index in [0.717, 1.165) is 31.2 Å². The summed E-state index contributed by atoms with van der Waals surface area (Å²) in [6.45, 7) is 0.395. The van der Waals surface area contributed by atoms with E-state index in [2.05, 4.69) is 10.6 Å². The summed E-state index contributed by atoms with van der Waals surface area (Å²) in [5.74, 6) is -0.156. The van der Waals surface area contributed by atoms with Gasteiger partial charge >= 0.3 is 0 Å². The quantitative estimate of drug-likeness (QED) is 0.627. The summed E-state index contributed by atoms with van der Waals surface area (Å²) in [6.07, 6.45) is 5.76. The van der Waals surface area contributed by atoms with Crippen LogP contribution in [0.5, 0.6) is 0 Å². The van der Waals surface area contributed by atoms with Crippen LogP contribution < -0.4 is 15.8 Å². The molecular weight excluding hydrogens is 402 g/mol. The van der Waals surface area contributed by atoms with E-state index >= 15 is 0 Å².